The second-order valence-electron chi connectivity index (χ2n) is 4.01. The first-order chi connectivity index (χ1) is 8.69. The third kappa shape index (κ3) is 3.08. The van der Waals surface area contributed by atoms with E-state index in [0.29, 0.717) is 0 Å². The molecule has 0 bridgehead atoms. The minimum absolute atomic E-state index is 0.373. The van der Waals surface area contributed by atoms with Gasteiger partial charge in [-0.3, -0.25) is 4.98 Å². The van der Waals surface area contributed by atoms with Crippen LogP contribution in [0.5, 0.6) is 0 Å². The van der Waals surface area contributed by atoms with Gasteiger partial charge in [-0.05, 0) is 34.5 Å². The SMILES string of the molecule is Cc1ccc([C@H](C#N)Nc2cncc(Br)c2)cc1. The molecule has 0 amide bonds. The number of anilines is 1. The maximum Gasteiger partial charge on any atom is 0.140 e. The van der Waals surface area contributed by atoms with Crippen LogP contribution in [0.1, 0.15) is 17.2 Å². The predicted molar refractivity (Wildman–Crippen MR) is 75.1 cm³/mol. The molecule has 0 saturated heterocycles. The van der Waals surface area contributed by atoms with Crippen LogP contribution in [0.2, 0.25) is 0 Å². The molecule has 1 aromatic carbocycles. The molecular weight excluding hydrogens is 290 g/mol. The highest BCUT2D eigenvalue weighted by Gasteiger charge is 2.10. The molecule has 2 aromatic rings. The number of benzene rings is 1. The Hall–Kier alpha value is -1.86. The van der Waals surface area contributed by atoms with Gasteiger partial charge in [0.2, 0.25) is 0 Å². The van der Waals surface area contributed by atoms with Gasteiger partial charge in [-0.2, -0.15) is 5.26 Å². The molecule has 0 fully saturated rings. The second-order valence-corrected chi connectivity index (χ2v) is 4.92. The summed E-state index contributed by atoms with van der Waals surface area (Å²) in [6.07, 6.45) is 3.40. The number of nitrogens with one attached hydrogen (secondary N) is 1. The predicted octanol–water partition coefficient (Wildman–Crippen LogP) is 3.83. The van der Waals surface area contributed by atoms with Crippen molar-refractivity contribution in [2.75, 3.05) is 5.32 Å². The zero-order valence-corrected chi connectivity index (χ0v) is 11.5. The van der Waals surface area contributed by atoms with Crippen LogP contribution >= 0.6 is 15.9 Å². The van der Waals surface area contributed by atoms with Crippen LogP contribution < -0.4 is 5.32 Å². The Kier molecular flexibility index (Phi) is 3.96. The molecule has 0 radical (unpaired) electrons. The van der Waals surface area contributed by atoms with Crippen LogP contribution in [0.25, 0.3) is 0 Å². The fourth-order valence-electron chi connectivity index (χ4n) is 1.61. The Morgan fingerprint density at radius 3 is 2.61 bits per heavy atom. The number of aryl methyl sites for hydroxylation is 1. The van der Waals surface area contributed by atoms with E-state index in [-0.39, 0.29) is 6.04 Å². The highest BCUT2D eigenvalue weighted by Crippen LogP contribution is 2.21. The van der Waals surface area contributed by atoms with Crippen molar-refractivity contribution in [2.45, 2.75) is 13.0 Å². The van der Waals surface area contributed by atoms with E-state index in [4.69, 9.17) is 0 Å². The summed E-state index contributed by atoms with van der Waals surface area (Å²) in [6, 6.07) is 11.7. The number of halogens is 1. The number of rotatable bonds is 3. The van der Waals surface area contributed by atoms with Crippen molar-refractivity contribution in [3.05, 3.63) is 58.3 Å². The van der Waals surface area contributed by atoms with Gasteiger partial charge in [-0.15, -0.1) is 0 Å². The van der Waals surface area contributed by atoms with Crippen molar-refractivity contribution in [2.24, 2.45) is 0 Å². The summed E-state index contributed by atoms with van der Waals surface area (Å²) in [5.41, 5.74) is 2.94. The van der Waals surface area contributed by atoms with Gasteiger partial charge < -0.3 is 5.32 Å². The quantitative estimate of drug-likeness (QED) is 0.937. The van der Waals surface area contributed by atoms with Gasteiger partial charge in [0.15, 0.2) is 0 Å². The van der Waals surface area contributed by atoms with Gasteiger partial charge in [0, 0.05) is 10.7 Å². The molecule has 1 aromatic heterocycles. The Morgan fingerprint density at radius 2 is 2.00 bits per heavy atom. The maximum atomic E-state index is 9.23. The lowest BCUT2D eigenvalue weighted by atomic mass is 10.1. The Morgan fingerprint density at radius 1 is 1.28 bits per heavy atom. The first-order valence-corrected chi connectivity index (χ1v) is 6.31. The summed E-state index contributed by atoms with van der Waals surface area (Å²) in [6.45, 7) is 2.02. The molecule has 2 rings (SSSR count). The molecule has 0 unspecified atom stereocenters. The number of nitrogens with zero attached hydrogens (tertiary/aromatic N) is 2. The van der Waals surface area contributed by atoms with Gasteiger partial charge in [-0.1, -0.05) is 29.8 Å². The minimum Gasteiger partial charge on any atom is -0.365 e. The van der Waals surface area contributed by atoms with Crippen LogP contribution in [0.15, 0.2) is 47.2 Å². The van der Waals surface area contributed by atoms with E-state index in [1.807, 2.05) is 37.3 Å². The van der Waals surface area contributed by atoms with Crippen molar-refractivity contribution in [1.29, 1.82) is 5.26 Å². The van der Waals surface area contributed by atoms with E-state index in [2.05, 4.69) is 32.3 Å². The molecule has 0 saturated carbocycles. The van der Waals surface area contributed by atoms with Crippen molar-refractivity contribution in [1.82, 2.24) is 4.98 Å². The van der Waals surface area contributed by atoms with Crippen LogP contribution in [-0.4, -0.2) is 4.98 Å². The zero-order chi connectivity index (χ0) is 13.0. The summed E-state index contributed by atoms with van der Waals surface area (Å²) in [5, 5.41) is 12.4. The highest BCUT2D eigenvalue weighted by atomic mass is 79.9. The molecule has 18 heavy (non-hydrogen) atoms. The van der Waals surface area contributed by atoms with Crippen molar-refractivity contribution in [3.63, 3.8) is 0 Å². The number of pyridine rings is 1. The molecule has 1 atom stereocenters. The molecule has 90 valence electrons. The van der Waals surface area contributed by atoms with Gasteiger partial charge in [0.05, 0.1) is 18.0 Å². The summed E-state index contributed by atoms with van der Waals surface area (Å²) in [5.74, 6) is 0. The molecule has 1 heterocycles. The lowest BCUT2D eigenvalue weighted by Crippen LogP contribution is -2.08. The van der Waals surface area contributed by atoms with Crippen LogP contribution in [0.3, 0.4) is 0 Å². The normalized spacial score (nSPS) is 11.6. The molecule has 4 heteroatoms. The summed E-state index contributed by atoms with van der Waals surface area (Å²) >= 11 is 3.35. The third-order valence-corrected chi connectivity index (χ3v) is 2.99. The maximum absolute atomic E-state index is 9.23. The lowest BCUT2D eigenvalue weighted by molar-refractivity contribution is 0.992. The van der Waals surface area contributed by atoms with Gasteiger partial charge >= 0.3 is 0 Å². The molecule has 0 aliphatic rings. The number of hydrogen-bond acceptors (Lipinski definition) is 3. The molecule has 0 aliphatic carbocycles. The van der Waals surface area contributed by atoms with Crippen molar-refractivity contribution in [3.8, 4) is 6.07 Å². The monoisotopic (exact) mass is 301 g/mol. The fraction of sp³-hybridized carbons (Fsp3) is 0.143. The van der Waals surface area contributed by atoms with Gasteiger partial charge in [-0.25, -0.2) is 0 Å². The standard InChI is InChI=1S/C14H12BrN3/c1-10-2-4-11(5-3-10)14(7-16)18-13-6-12(15)8-17-9-13/h2-6,8-9,14,18H,1H3/t14-/m0/s1. The smallest absolute Gasteiger partial charge is 0.140 e. The number of nitriles is 1. The van der Waals surface area contributed by atoms with E-state index in [1.54, 1.807) is 12.4 Å². The summed E-state index contributed by atoms with van der Waals surface area (Å²) in [7, 11) is 0. The van der Waals surface area contributed by atoms with Gasteiger partial charge in [0.25, 0.3) is 0 Å². The van der Waals surface area contributed by atoms with Crippen LogP contribution in [0.4, 0.5) is 5.69 Å². The number of aromatic nitrogens is 1. The average molecular weight is 302 g/mol. The van der Waals surface area contributed by atoms with E-state index in [9.17, 15) is 5.26 Å². The van der Waals surface area contributed by atoms with Crippen molar-refractivity contribution >= 4 is 21.6 Å². The number of hydrogen-bond donors (Lipinski definition) is 1. The minimum atomic E-state index is -0.373. The molecule has 3 nitrogen and oxygen atoms in total. The van der Waals surface area contributed by atoms with Crippen molar-refractivity contribution < 1.29 is 0 Å². The van der Waals surface area contributed by atoms with E-state index >= 15 is 0 Å². The summed E-state index contributed by atoms with van der Waals surface area (Å²) in [4.78, 5) is 4.06. The van der Waals surface area contributed by atoms with Crippen LogP contribution in [0, 0.1) is 18.3 Å². The largest absolute Gasteiger partial charge is 0.365 e. The molecule has 0 spiro atoms. The van der Waals surface area contributed by atoms with E-state index in [0.717, 1.165) is 15.7 Å². The third-order valence-electron chi connectivity index (χ3n) is 2.56. The fourth-order valence-corrected chi connectivity index (χ4v) is 1.97. The molecule has 0 aliphatic heterocycles. The molecular formula is C14H12BrN3. The Labute approximate surface area is 115 Å². The van der Waals surface area contributed by atoms with E-state index in [1.165, 1.54) is 5.56 Å². The molecule has 1 N–H and O–H groups in total. The second kappa shape index (κ2) is 5.65. The van der Waals surface area contributed by atoms with Gasteiger partial charge in [0.1, 0.15) is 6.04 Å². The first kappa shape index (κ1) is 12.6. The topological polar surface area (TPSA) is 48.7 Å². The lowest BCUT2D eigenvalue weighted by Gasteiger charge is -2.13. The Balaban J connectivity index is 2.20. The average Bonchev–Trinajstić information content (AvgIpc) is 2.37. The first-order valence-electron chi connectivity index (χ1n) is 5.52. The van der Waals surface area contributed by atoms with E-state index < -0.39 is 0 Å². The zero-order valence-electron chi connectivity index (χ0n) is 9.89. The Bertz CT molecular complexity index is 572. The summed E-state index contributed by atoms with van der Waals surface area (Å²) < 4.78 is 0.882. The highest BCUT2D eigenvalue weighted by molar-refractivity contribution is 9.10. The van der Waals surface area contributed by atoms with Crippen LogP contribution in [-0.2, 0) is 0 Å².